The van der Waals surface area contributed by atoms with Gasteiger partial charge >= 0.3 is 5.69 Å². The number of H-pyrrole nitrogens is 1. The normalized spacial score (nSPS) is 12.9. The molecule has 4 heterocycles. The Morgan fingerprint density at radius 3 is 2.56 bits per heavy atom. The molecule has 4 aromatic heterocycles. The van der Waals surface area contributed by atoms with Gasteiger partial charge in [0, 0.05) is 19.0 Å². The molecular formula is C17H18N6O3S. The van der Waals surface area contributed by atoms with Gasteiger partial charge in [0.25, 0.3) is 11.1 Å². The van der Waals surface area contributed by atoms with E-state index < -0.39 is 17.3 Å². The van der Waals surface area contributed by atoms with Crippen LogP contribution in [0.5, 0.6) is 0 Å². The molecule has 1 atom stereocenters. The molecule has 0 aliphatic rings. The van der Waals surface area contributed by atoms with E-state index >= 15 is 0 Å². The lowest BCUT2D eigenvalue weighted by Crippen LogP contribution is -2.37. The second kappa shape index (κ2) is 5.74. The minimum Gasteiger partial charge on any atom is -0.314 e. The monoisotopic (exact) mass is 386 g/mol. The highest BCUT2D eigenvalue weighted by Crippen LogP contribution is 2.27. The molecule has 10 heteroatoms. The molecule has 0 aromatic carbocycles. The van der Waals surface area contributed by atoms with Crippen LogP contribution in [0, 0.1) is 13.8 Å². The zero-order chi connectivity index (χ0) is 19.6. The van der Waals surface area contributed by atoms with Gasteiger partial charge in [-0.2, -0.15) is 0 Å². The summed E-state index contributed by atoms with van der Waals surface area (Å²) < 4.78 is 4.00. The average Bonchev–Trinajstić information content (AvgIpc) is 3.19. The second-order valence-electron chi connectivity index (χ2n) is 6.62. The van der Waals surface area contributed by atoms with Crippen LogP contribution in [0.2, 0.25) is 0 Å². The summed E-state index contributed by atoms with van der Waals surface area (Å²) in [5.41, 5.74) is 0.425. The van der Waals surface area contributed by atoms with E-state index in [0.29, 0.717) is 21.7 Å². The van der Waals surface area contributed by atoms with Crippen molar-refractivity contribution in [2.24, 2.45) is 14.1 Å². The Morgan fingerprint density at radius 2 is 1.85 bits per heavy atom. The van der Waals surface area contributed by atoms with E-state index in [2.05, 4.69) is 15.0 Å². The SMILES string of the molecule is Cc1sc2nc([C@H](C)n3cnc4c3c(=O)n(C)c(=O)n4C)[nH]c(=O)c2c1C. The Hall–Kier alpha value is -3.01. The van der Waals surface area contributed by atoms with E-state index in [4.69, 9.17) is 0 Å². The molecule has 140 valence electrons. The van der Waals surface area contributed by atoms with Crippen LogP contribution in [0.15, 0.2) is 20.7 Å². The van der Waals surface area contributed by atoms with E-state index in [1.165, 1.54) is 29.3 Å². The highest BCUT2D eigenvalue weighted by Gasteiger charge is 2.21. The summed E-state index contributed by atoms with van der Waals surface area (Å²) >= 11 is 1.47. The number of hydrogen-bond acceptors (Lipinski definition) is 6. The molecule has 27 heavy (non-hydrogen) atoms. The third-order valence-electron chi connectivity index (χ3n) is 5.04. The topological polar surface area (TPSA) is 108 Å². The summed E-state index contributed by atoms with van der Waals surface area (Å²) in [5.74, 6) is 0.434. The summed E-state index contributed by atoms with van der Waals surface area (Å²) in [5, 5.41) is 0.599. The number of nitrogens with zero attached hydrogens (tertiary/aromatic N) is 5. The fraction of sp³-hybridized carbons (Fsp3) is 0.353. The number of rotatable bonds is 2. The molecule has 0 spiro atoms. The van der Waals surface area contributed by atoms with Crippen LogP contribution in [-0.4, -0.2) is 28.7 Å². The third kappa shape index (κ3) is 2.33. The fourth-order valence-electron chi connectivity index (χ4n) is 3.26. The van der Waals surface area contributed by atoms with Gasteiger partial charge in [-0.25, -0.2) is 14.8 Å². The molecular weight excluding hydrogens is 368 g/mol. The lowest BCUT2D eigenvalue weighted by atomic mass is 10.2. The van der Waals surface area contributed by atoms with Crippen LogP contribution in [0.1, 0.15) is 29.2 Å². The number of aryl methyl sites for hydroxylation is 3. The summed E-state index contributed by atoms with van der Waals surface area (Å²) in [4.78, 5) is 50.7. The van der Waals surface area contributed by atoms with Crippen molar-refractivity contribution in [3.8, 4) is 0 Å². The average molecular weight is 386 g/mol. The number of fused-ring (bicyclic) bond motifs is 2. The number of aromatic nitrogens is 6. The summed E-state index contributed by atoms with van der Waals surface area (Å²) in [7, 11) is 2.99. The Morgan fingerprint density at radius 1 is 1.15 bits per heavy atom. The van der Waals surface area contributed by atoms with E-state index in [1.54, 1.807) is 11.6 Å². The Bertz CT molecular complexity index is 1400. The summed E-state index contributed by atoms with van der Waals surface area (Å²) in [6.07, 6.45) is 1.49. The van der Waals surface area contributed by atoms with Gasteiger partial charge < -0.3 is 9.55 Å². The fourth-order valence-corrected chi connectivity index (χ4v) is 4.30. The number of thiophene rings is 1. The zero-order valence-electron chi connectivity index (χ0n) is 15.5. The molecule has 0 aliphatic heterocycles. The quantitative estimate of drug-likeness (QED) is 0.552. The molecule has 0 bridgehead atoms. The molecule has 1 N–H and O–H groups in total. The van der Waals surface area contributed by atoms with Gasteiger partial charge in [-0.05, 0) is 26.3 Å². The van der Waals surface area contributed by atoms with Crippen molar-refractivity contribution < 1.29 is 0 Å². The van der Waals surface area contributed by atoms with Crippen molar-refractivity contribution >= 4 is 32.7 Å². The van der Waals surface area contributed by atoms with Crippen molar-refractivity contribution in [2.45, 2.75) is 26.8 Å². The first-order valence-corrected chi connectivity index (χ1v) is 9.16. The second-order valence-corrected chi connectivity index (χ2v) is 7.82. The van der Waals surface area contributed by atoms with E-state index in [9.17, 15) is 14.4 Å². The zero-order valence-corrected chi connectivity index (χ0v) is 16.3. The lowest BCUT2D eigenvalue weighted by molar-refractivity contribution is 0.610. The van der Waals surface area contributed by atoms with Crippen LogP contribution in [0.4, 0.5) is 0 Å². The van der Waals surface area contributed by atoms with Gasteiger partial charge in [0.1, 0.15) is 10.7 Å². The first kappa shape index (κ1) is 17.4. The number of imidazole rings is 1. The maximum absolute atomic E-state index is 12.6. The van der Waals surface area contributed by atoms with Crippen LogP contribution in [0.25, 0.3) is 21.4 Å². The van der Waals surface area contributed by atoms with Gasteiger partial charge in [0.05, 0.1) is 17.8 Å². The molecule has 0 amide bonds. The van der Waals surface area contributed by atoms with Crippen LogP contribution in [-0.2, 0) is 14.1 Å². The minimum absolute atomic E-state index is 0.201. The molecule has 9 nitrogen and oxygen atoms in total. The first-order valence-electron chi connectivity index (χ1n) is 8.34. The van der Waals surface area contributed by atoms with E-state index in [-0.39, 0.29) is 11.1 Å². The number of nitrogens with one attached hydrogen (secondary N) is 1. The van der Waals surface area contributed by atoms with Gasteiger partial charge in [-0.15, -0.1) is 11.3 Å². The Balaban J connectivity index is 1.98. The Labute approximate surface area is 156 Å². The number of hydrogen-bond donors (Lipinski definition) is 1. The maximum Gasteiger partial charge on any atom is 0.332 e. The predicted octanol–water partition coefficient (Wildman–Crippen LogP) is 0.958. The van der Waals surface area contributed by atoms with Gasteiger partial charge in [-0.1, -0.05) is 0 Å². The number of aromatic amines is 1. The minimum atomic E-state index is -0.444. The molecule has 0 fully saturated rings. The highest BCUT2D eigenvalue weighted by atomic mass is 32.1. The van der Waals surface area contributed by atoms with Gasteiger partial charge in [0.2, 0.25) is 0 Å². The summed E-state index contributed by atoms with van der Waals surface area (Å²) in [6, 6.07) is -0.444. The summed E-state index contributed by atoms with van der Waals surface area (Å²) in [6.45, 7) is 5.68. The molecule has 0 saturated heterocycles. The van der Waals surface area contributed by atoms with Crippen molar-refractivity contribution in [3.63, 3.8) is 0 Å². The van der Waals surface area contributed by atoms with Crippen molar-refractivity contribution in [3.05, 3.63) is 53.8 Å². The maximum atomic E-state index is 12.6. The standard InChI is InChI=1S/C17H18N6O3S/c1-7-9(3)27-15-10(7)14(24)19-12(20-15)8(2)23-6-18-13-11(23)16(25)22(5)17(26)21(13)4/h6,8H,1-5H3,(H,19,20,24)/t8-/m0/s1. The molecule has 0 radical (unpaired) electrons. The van der Waals surface area contributed by atoms with E-state index in [1.807, 2.05) is 20.8 Å². The molecule has 4 aromatic rings. The molecule has 0 unspecified atom stereocenters. The van der Waals surface area contributed by atoms with Crippen molar-refractivity contribution in [1.82, 2.24) is 28.7 Å². The van der Waals surface area contributed by atoms with E-state index in [0.717, 1.165) is 15.0 Å². The predicted molar refractivity (Wildman–Crippen MR) is 104 cm³/mol. The highest BCUT2D eigenvalue weighted by molar-refractivity contribution is 7.18. The lowest BCUT2D eigenvalue weighted by Gasteiger charge is -2.14. The van der Waals surface area contributed by atoms with Crippen LogP contribution < -0.4 is 16.8 Å². The largest absolute Gasteiger partial charge is 0.332 e. The molecule has 0 aliphatic carbocycles. The van der Waals surface area contributed by atoms with Crippen LogP contribution in [0.3, 0.4) is 0 Å². The van der Waals surface area contributed by atoms with Crippen molar-refractivity contribution in [2.75, 3.05) is 0 Å². The van der Waals surface area contributed by atoms with Crippen LogP contribution >= 0.6 is 11.3 Å². The van der Waals surface area contributed by atoms with Crippen molar-refractivity contribution in [1.29, 1.82) is 0 Å². The Kier molecular flexibility index (Phi) is 3.70. The third-order valence-corrected chi connectivity index (χ3v) is 6.14. The molecule has 0 saturated carbocycles. The van der Waals surface area contributed by atoms with Gasteiger partial charge in [-0.3, -0.25) is 18.7 Å². The first-order chi connectivity index (χ1) is 12.7. The molecule has 4 rings (SSSR count). The smallest absolute Gasteiger partial charge is 0.314 e. The van der Waals surface area contributed by atoms with Gasteiger partial charge in [0.15, 0.2) is 11.2 Å².